The molecule has 3 N–H and O–H groups in total. The van der Waals surface area contributed by atoms with Gasteiger partial charge in [0.25, 0.3) is 0 Å². The monoisotopic (exact) mass is 147 g/mol. The highest BCUT2D eigenvalue weighted by atomic mass is 15.2. The second-order valence-electron chi connectivity index (χ2n) is 2.05. The molecule has 0 aromatic carbocycles. The summed E-state index contributed by atoms with van der Waals surface area (Å²) in [5.74, 6) is 7.71. The molecule has 0 bridgehead atoms. The Kier molecular flexibility index (Phi) is 2.61. The minimum atomic E-state index is -0.224. The second kappa shape index (κ2) is 3.71. The van der Waals surface area contributed by atoms with Gasteiger partial charge < -0.3 is 0 Å². The van der Waals surface area contributed by atoms with E-state index in [1.807, 2.05) is 12.1 Å². The molecular weight excluding hydrogens is 138 g/mol. The predicted molar refractivity (Wildman–Crippen MR) is 43.1 cm³/mol. The number of hydrogen-bond donors (Lipinski definition) is 2. The van der Waals surface area contributed by atoms with Crippen molar-refractivity contribution in [3.63, 3.8) is 0 Å². The highest BCUT2D eigenvalue weighted by Gasteiger charge is 2.02. The Hall–Kier alpha value is -1.37. The third-order valence-electron chi connectivity index (χ3n) is 1.37. The number of nitrogens with zero attached hydrogens (tertiary/aromatic N) is 1. The average Bonchev–Trinajstić information content (AvgIpc) is 2.09. The number of nitrogens with one attached hydrogen (secondary N) is 1. The van der Waals surface area contributed by atoms with Crippen molar-refractivity contribution in [2.24, 2.45) is 5.84 Å². The van der Waals surface area contributed by atoms with Crippen molar-refractivity contribution < 1.29 is 0 Å². The van der Waals surface area contributed by atoms with E-state index < -0.39 is 0 Å². The summed E-state index contributed by atoms with van der Waals surface area (Å²) in [4.78, 5) is 3.86. The maximum atomic E-state index is 5.20. The summed E-state index contributed by atoms with van der Waals surface area (Å²) in [6.07, 6.45) is 8.56. The van der Waals surface area contributed by atoms with Gasteiger partial charge in [-0.05, 0) is 17.7 Å². The van der Waals surface area contributed by atoms with Crippen molar-refractivity contribution in [3.05, 3.63) is 30.1 Å². The lowest BCUT2D eigenvalue weighted by molar-refractivity contribution is 0.673. The highest BCUT2D eigenvalue weighted by molar-refractivity contribution is 5.22. The molecular formula is C8H9N3. The first-order valence-corrected chi connectivity index (χ1v) is 3.20. The van der Waals surface area contributed by atoms with E-state index in [-0.39, 0.29) is 6.04 Å². The van der Waals surface area contributed by atoms with Crippen molar-refractivity contribution in [3.8, 4) is 12.3 Å². The molecule has 56 valence electrons. The van der Waals surface area contributed by atoms with Crippen LogP contribution in [-0.4, -0.2) is 4.98 Å². The SMILES string of the molecule is C#CC(NN)c1ccncc1. The molecule has 0 amide bonds. The van der Waals surface area contributed by atoms with E-state index in [2.05, 4.69) is 16.3 Å². The van der Waals surface area contributed by atoms with Crippen molar-refractivity contribution in [1.82, 2.24) is 10.4 Å². The molecule has 0 aliphatic carbocycles. The van der Waals surface area contributed by atoms with Gasteiger partial charge in [0.05, 0.1) is 0 Å². The molecule has 0 saturated heterocycles. The molecule has 0 aliphatic rings. The van der Waals surface area contributed by atoms with E-state index in [9.17, 15) is 0 Å². The van der Waals surface area contributed by atoms with Gasteiger partial charge in [-0.1, -0.05) is 5.92 Å². The summed E-state index contributed by atoms with van der Waals surface area (Å²) < 4.78 is 0. The molecule has 0 radical (unpaired) electrons. The van der Waals surface area contributed by atoms with Gasteiger partial charge in [0.1, 0.15) is 6.04 Å². The quantitative estimate of drug-likeness (QED) is 0.357. The second-order valence-corrected chi connectivity index (χ2v) is 2.05. The van der Waals surface area contributed by atoms with E-state index in [1.54, 1.807) is 12.4 Å². The molecule has 1 aromatic heterocycles. The Labute approximate surface area is 65.6 Å². The maximum Gasteiger partial charge on any atom is 0.107 e. The lowest BCUT2D eigenvalue weighted by atomic mass is 10.1. The zero-order valence-corrected chi connectivity index (χ0v) is 5.99. The van der Waals surface area contributed by atoms with Crippen LogP contribution in [0.5, 0.6) is 0 Å². The molecule has 1 heterocycles. The van der Waals surface area contributed by atoms with Gasteiger partial charge in [0.2, 0.25) is 0 Å². The molecule has 0 saturated carbocycles. The summed E-state index contributed by atoms with van der Waals surface area (Å²) in [5, 5.41) is 0. The number of aromatic nitrogens is 1. The van der Waals surface area contributed by atoms with Crippen LogP contribution in [0.2, 0.25) is 0 Å². The summed E-state index contributed by atoms with van der Waals surface area (Å²) in [6.45, 7) is 0. The van der Waals surface area contributed by atoms with Crippen molar-refractivity contribution in [2.75, 3.05) is 0 Å². The molecule has 11 heavy (non-hydrogen) atoms. The van der Waals surface area contributed by atoms with Gasteiger partial charge >= 0.3 is 0 Å². The third-order valence-corrected chi connectivity index (χ3v) is 1.37. The predicted octanol–water partition coefficient (Wildman–Crippen LogP) is 0.219. The van der Waals surface area contributed by atoms with Crippen LogP contribution in [-0.2, 0) is 0 Å². The molecule has 0 fully saturated rings. The summed E-state index contributed by atoms with van der Waals surface area (Å²) in [6, 6.07) is 3.42. The van der Waals surface area contributed by atoms with Crippen LogP contribution in [0.25, 0.3) is 0 Å². The molecule has 1 aromatic rings. The molecule has 1 rings (SSSR count). The minimum Gasteiger partial charge on any atom is -0.270 e. The largest absolute Gasteiger partial charge is 0.270 e. The third kappa shape index (κ3) is 1.77. The van der Waals surface area contributed by atoms with Crippen LogP contribution in [0.1, 0.15) is 11.6 Å². The van der Waals surface area contributed by atoms with Gasteiger partial charge in [-0.25, -0.2) is 5.43 Å². The van der Waals surface area contributed by atoms with Gasteiger partial charge in [0.15, 0.2) is 0 Å². The topological polar surface area (TPSA) is 50.9 Å². The lowest BCUT2D eigenvalue weighted by Gasteiger charge is -2.07. The van der Waals surface area contributed by atoms with E-state index >= 15 is 0 Å². The fraction of sp³-hybridized carbons (Fsp3) is 0.125. The smallest absolute Gasteiger partial charge is 0.107 e. The number of hydrazine groups is 1. The Morgan fingerprint density at radius 2 is 2.18 bits per heavy atom. The van der Waals surface area contributed by atoms with Gasteiger partial charge in [-0.2, -0.15) is 0 Å². The zero-order valence-electron chi connectivity index (χ0n) is 5.99. The summed E-state index contributed by atoms with van der Waals surface area (Å²) in [5.41, 5.74) is 3.45. The fourth-order valence-electron chi connectivity index (χ4n) is 0.796. The Morgan fingerprint density at radius 3 is 2.64 bits per heavy atom. The molecule has 3 nitrogen and oxygen atoms in total. The van der Waals surface area contributed by atoms with E-state index in [0.717, 1.165) is 5.56 Å². The number of pyridine rings is 1. The van der Waals surface area contributed by atoms with E-state index in [1.165, 1.54) is 0 Å². The van der Waals surface area contributed by atoms with Crippen LogP contribution in [0.4, 0.5) is 0 Å². The Bertz CT molecular complexity index is 250. The van der Waals surface area contributed by atoms with Gasteiger partial charge in [0, 0.05) is 12.4 Å². The maximum absolute atomic E-state index is 5.20. The first-order chi connectivity index (χ1) is 5.38. The average molecular weight is 147 g/mol. The zero-order chi connectivity index (χ0) is 8.10. The Balaban J connectivity index is 2.85. The number of rotatable bonds is 2. The molecule has 0 aliphatic heterocycles. The highest BCUT2D eigenvalue weighted by Crippen LogP contribution is 2.07. The Morgan fingerprint density at radius 1 is 1.55 bits per heavy atom. The van der Waals surface area contributed by atoms with Crippen LogP contribution >= 0.6 is 0 Å². The summed E-state index contributed by atoms with van der Waals surface area (Å²) >= 11 is 0. The number of nitrogens with two attached hydrogens (primary N) is 1. The van der Waals surface area contributed by atoms with Crippen LogP contribution in [0.15, 0.2) is 24.5 Å². The van der Waals surface area contributed by atoms with Crippen molar-refractivity contribution in [2.45, 2.75) is 6.04 Å². The number of hydrogen-bond acceptors (Lipinski definition) is 3. The van der Waals surface area contributed by atoms with Crippen molar-refractivity contribution >= 4 is 0 Å². The normalized spacial score (nSPS) is 12.0. The van der Waals surface area contributed by atoms with Gasteiger partial charge in [-0.15, -0.1) is 6.42 Å². The lowest BCUT2D eigenvalue weighted by Crippen LogP contribution is -2.26. The van der Waals surface area contributed by atoms with Crippen molar-refractivity contribution in [1.29, 1.82) is 0 Å². The van der Waals surface area contributed by atoms with E-state index in [0.29, 0.717) is 0 Å². The van der Waals surface area contributed by atoms with Crippen LogP contribution in [0, 0.1) is 12.3 Å². The summed E-state index contributed by atoms with van der Waals surface area (Å²) in [7, 11) is 0. The fourth-order valence-corrected chi connectivity index (χ4v) is 0.796. The molecule has 1 atom stereocenters. The molecule has 0 spiro atoms. The van der Waals surface area contributed by atoms with Gasteiger partial charge in [-0.3, -0.25) is 10.8 Å². The number of terminal acetylenes is 1. The first-order valence-electron chi connectivity index (χ1n) is 3.20. The van der Waals surface area contributed by atoms with Crippen LogP contribution < -0.4 is 11.3 Å². The molecule has 3 heteroatoms. The minimum absolute atomic E-state index is 0.224. The van der Waals surface area contributed by atoms with E-state index in [4.69, 9.17) is 12.3 Å². The first kappa shape index (κ1) is 7.73. The van der Waals surface area contributed by atoms with Crippen LogP contribution in [0.3, 0.4) is 0 Å². The molecule has 1 unspecified atom stereocenters. The standard InChI is InChI=1S/C8H9N3/c1-2-8(11-9)7-3-5-10-6-4-7/h1,3-6,8,11H,9H2.